The number of halogens is 2. The second-order valence-electron chi connectivity index (χ2n) is 7.78. The number of ether oxygens (including phenoxy) is 1. The van der Waals surface area contributed by atoms with E-state index in [1.54, 1.807) is 23.1 Å². The summed E-state index contributed by atoms with van der Waals surface area (Å²) in [5, 5.41) is 9.06. The minimum absolute atomic E-state index is 0.0584. The van der Waals surface area contributed by atoms with Gasteiger partial charge in [-0.25, -0.2) is 8.78 Å². The lowest BCUT2D eigenvalue weighted by Crippen LogP contribution is -2.37. The second-order valence-corrected chi connectivity index (χ2v) is 7.78. The van der Waals surface area contributed by atoms with Crippen LogP contribution in [0.15, 0.2) is 54.1 Å². The summed E-state index contributed by atoms with van der Waals surface area (Å²) in [5.74, 6) is -1.10. The third-order valence-electron chi connectivity index (χ3n) is 5.80. The molecule has 0 bridgehead atoms. The van der Waals surface area contributed by atoms with Gasteiger partial charge < -0.3 is 14.5 Å². The molecule has 32 heavy (non-hydrogen) atoms. The first-order chi connectivity index (χ1) is 15.5. The van der Waals surface area contributed by atoms with E-state index in [1.165, 1.54) is 31.4 Å². The third kappa shape index (κ3) is 4.22. The number of carbonyl (C=O) groups excluding carboxylic acids is 1. The van der Waals surface area contributed by atoms with E-state index in [0.717, 1.165) is 32.4 Å². The molecule has 2 aliphatic heterocycles. The summed E-state index contributed by atoms with van der Waals surface area (Å²) < 4.78 is 33.8. The Morgan fingerprint density at radius 2 is 1.84 bits per heavy atom. The molecule has 2 aromatic rings. The Hall–Kier alpha value is -3.66. The molecule has 2 aromatic carbocycles. The molecule has 2 heterocycles. The van der Waals surface area contributed by atoms with E-state index in [4.69, 9.17) is 10.00 Å². The van der Waals surface area contributed by atoms with E-state index in [1.807, 2.05) is 17.0 Å². The second kappa shape index (κ2) is 9.23. The number of piperidine rings is 1. The molecule has 0 unspecified atom stereocenters. The fourth-order valence-electron chi connectivity index (χ4n) is 4.07. The van der Waals surface area contributed by atoms with E-state index in [-0.39, 0.29) is 17.2 Å². The molecule has 0 atom stereocenters. The zero-order valence-electron chi connectivity index (χ0n) is 17.8. The highest BCUT2D eigenvalue weighted by molar-refractivity contribution is 6.00. The van der Waals surface area contributed by atoms with Crippen LogP contribution >= 0.6 is 0 Å². The highest BCUT2D eigenvalue weighted by Crippen LogP contribution is 2.34. The van der Waals surface area contributed by atoms with Gasteiger partial charge in [0.05, 0.1) is 12.7 Å². The summed E-state index contributed by atoms with van der Waals surface area (Å²) in [7, 11) is 1.39. The van der Waals surface area contributed by atoms with Gasteiger partial charge in [-0.15, -0.1) is 0 Å². The van der Waals surface area contributed by atoms with Crippen molar-refractivity contribution in [2.24, 2.45) is 0 Å². The molecule has 164 valence electrons. The van der Waals surface area contributed by atoms with E-state index >= 15 is 0 Å². The molecular weight excluding hydrogens is 412 g/mol. The lowest BCUT2D eigenvalue weighted by atomic mass is 10.00. The van der Waals surface area contributed by atoms with Crippen LogP contribution in [-0.4, -0.2) is 37.6 Å². The molecule has 7 heteroatoms. The monoisotopic (exact) mass is 435 g/mol. The average Bonchev–Trinajstić information content (AvgIpc) is 2.83. The van der Waals surface area contributed by atoms with Gasteiger partial charge in [-0.1, -0.05) is 12.1 Å². The maximum absolute atomic E-state index is 14.4. The largest absolute Gasteiger partial charge is 0.494 e. The van der Waals surface area contributed by atoms with Crippen molar-refractivity contribution in [3.8, 4) is 11.8 Å². The van der Waals surface area contributed by atoms with Gasteiger partial charge in [0.25, 0.3) is 5.91 Å². The standard InChI is InChI=1S/C25H23F2N3O2/c1-32-24-8-7-20(15-22(24)27)30-12-9-18(25(31)29-10-3-2-4-11-29)14-23(30)17-5-6-19(16-28)21(26)13-17/h5-9,13-15H,2-4,10-12H2,1H3. The summed E-state index contributed by atoms with van der Waals surface area (Å²) in [5.41, 5.74) is 2.06. The summed E-state index contributed by atoms with van der Waals surface area (Å²) in [6.45, 7) is 1.75. The minimum Gasteiger partial charge on any atom is -0.494 e. The van der Waals surface area contributed by atoms with E-state index in [0.29, 0.717) is 29.1 Å². The summed E-state index contributed by atoms with van der Waals surface area (Å²) >= 11 is 0. The molecule has 0 N–H and O–H groups in total. The molecule has 1 fully saturated rings. The third-order valence-corrected chi connectivity index (χ3v) is 5.80. The topological polar surface area (TPSA) is 56.6 Å². The lowest BCUT2D eigenvalue weighted by molar-refractivity contribution is -0.127. The first-order valence-corrected chi connectivity index (χ1v) is 10.5. The number of nitriles is 1. The highest BCUT2D eigenvalue weighted by atomic mass is 19.1. The van der Waals surface area contributed by atoms with Gasteiger partial charge in [0, 0.05) is 48.2 Å². The molecule has 5 nitrogen and oxygen atoms in total. The maximum atomic E-state index is 14.4. The first kappa shape index (κ1) is 21.6. The Labute approximate surface area is 185 Å². The molecule has 0 saturated carbocycles. The maximum Gasteiger partial charge on any atom is 0.253 e. The van der Waals surface area contributed by atoms with Crippen molar-refractivity contribution < 1.29 is 18.3 Å². The predicted octanol–water partition coefficient (Wildman–Crippen LogP) is 4.65. The number of hydrogen-bond donors (Lipinski definition) is 0. The normalized spacial score (nSPS) is 16.2. The van der Waals surface area contributed by atoms with Crippen molar-refractivity contribution in [3.63, 3.8) is 0 Å². The Balaban J connectivity index is 1.74. The van der Waals surface area contributed by atoms with E-state index in [2.05, 4.69) is 0 Å². The summed E-state index contributed by atoms with van der Waals surface area (Å²) in [6.07, 6.45) is 6.60. The van der Waals surface area contributed by atoms with E-state index < -0.39 is 11.6 Å². The average molecular weight is 435 g/mol. The number of carbonyl (C=O) groups is 1. The van der Waals surface area contributed by atoms with Crippen molar-refractivity contribution in [2.45, 2.75) is 19.3 Å². The number of hydrogen-bond acceptors (Lipinski definition) is 4. The number of amides is 1. The number of likely N-dealkylation sites (tertiary alicyclic amines) is 1. The van der Waals surface area contributed by atoms with Crippen LogP contribution in [0.4, 0.5) is 14.5 Å². The summed E-state index contributed by atoms with van der Waals surface area (Å²) in [6, 6.07) is 10.7. The number of nitrogens with zero attached hydrogens (tertiary/aromatic N) is 3. The van der Waals surface area contributed by atoms with Crippen molar-refractivity contribution in [1.82, 2.24) is 4.90 Å². The molecule has 4 rings (SSSR count). The molecule has 1 amide bonds. The zero-order chi connectivity index (χ0) is 22.7. The smallest absolute Gasteiger partial charge is 0.253 e. The molecule has 0 aliphatic carbocycles. The van der Waals surface area contributed by atoms with Crippen LogP contribution in [0, 0.1) is 23.0 Å². The molecule has 2 aliphatic rings. The number of rotatable bonds is 4. The van der Waals surface area contributed by atoms with Crippen molar-refractivity contribution in [1.29, 1.82) is 5.26 Å². The SMILES string of the molecule is COc1ccc(N2CC=C(C(=O)N3CCCCC3)C=C2c2ccc(C#N)c(F)c2)cc1F. The number of benzene rings is 2. The van der Waals surface area contributed by atoms with Crippen molar-refractivity contribution in [3.05, 3.63) is 76.9 Å². The van der Waals surface area contributed by atoms with Gasteiger partial charge in [0.2, 0.25) is 0 Å². The quantitative estimate of drug-likeness (QED) is 0.702. The van der Waals surface area contributed by atoms with Crippen LogP contribution in [-0.2, 0) is 4.79 Å². The van der Waals surface area contributed by atoms with Crippen LogP contribution < -0.4 is 9.64 Å². The van der Waals surface area contributed by atoms with Gasteiger partial charge in [-0.2, -0.15) is 5.26 Å². The van der Waals surface area contributed by atoms with Crippen LogP contribution in [0.25, 0.3) is 5.70 Å². The van der Waals surface area contributed by atoms with Crippen LogP contribution in [0.5, 0.6) is 5.75 Å². The molecule has 0 aromatic heterocycles. The van der Waals surface area contributed by atoms with Gasteiger partial charge in [-0.05, 0) is 49.6 Å². The summed E-state index contributed by atoms with van der Waals surface area (Å²) in [4.78, 5) is 16.7. The highest BCUT2D eigenvalue weighted by Gasteiger charge is 2.25. The molecule has 0 radical (unpaired) electrons. The Morgan fingerprint density at radius 3 is 2.50 bits per heavy atom. The number of methoxy groups -OCH3 is 1. The first-order valence-electron chi connectivity index (χ1n) is 10.5. The lowest BCUT2D eigenvalue weighted by Gasteiger charge is -2.32. The molecule has 1 saturated heterocycles. The van der Waals surface area contributed by atoms with Crippen molar-refractivity contribution in [2.75, 3.05) is 31.6 Å². The van der Waals surface area contributed by atoms with Gasteiger partial charge in [-0.3, -0.25) is 4.79 Å². The Morgan fingerprint density at radius 1 is 1.06 bits per heavy atom. The van der Waals surface area contributed by atoms with Crippen LogP contribution in [0.2, 0.25) is 0 Å². The fraction of sp³-hybridized carbons (Fsp3) is 0.280. The Bertz CT molecular complexity index is 1140. The molecule has 0 spiro atoms. The minimum atomic E-state index is -0.648. The number of anilines is 1. The fourth-order valence-corrected chi connectivity index (χ4v) is 4.07. The van der Waals surface area contributed by atoms with Gasteiger partial charge >= 0.3 is 0 Å². The predicted molar refractivity (Wildman–Crippen MR) is 118 cm³/mol. The van der Waals surface area contributed by atoms with Crippen molar-refractivity contribution >= 4 is 17.3 Å². The van der Waals surface area contributed by atoms with E-state index in [9.17, 15) is 13.6 Å². The Kier molecular flexibility index (Phi) is 6.22. The molecular formula is C25H23F2N3O2. The zero-order valence-corrected chi connectivity index (χ0v) is 17.8. The van der Waals surface area contributed by atoms with Crippen LogP contribution in [0.3, 0.4) is 0 Å². The van der Waals surface area contributed by atoms with Crippen LogP contribution in [0.1, 0.15) is 30.4 Å². The van der Waals surface area contributed by atoms with Gasteiger partial charge in [0.15, 0.2) is 11.6 Å². The van der Waals surface area contributed by atoms with Gasteiger partial charge in [0.1, 0.15) is 11.9 Å².